The Morgan fingerprint density at radius 3 is 2.86 bits per heavy atom. The second-order valence-corrected chi connectivity index (χ2v) is 5.93. The van der Waals surface area contributed by atoms with Crippen molar-refractivity contribution in [3.63, 3.8) is 0 Å². The molecule has 1 saturated carbocycles. The van der Waals surface area contributed by atoms with Gasteiger partial charge in [-0.25, -0.2) is 0 Å². The van der Waals surface area contributed by atoms with Crippen molar-refractivity contribution in [3.8, 4) is 5.75 Å². The topological polar surface area (TPSA) is 62.7 Å². The number of hydrogen-bond donors (Lipinski definition) is 1. The van der Waals surface area contributed by atoms with Crippen LogP contribution in [0.5, 0.6) is 5.75 Å². The molecule has 2 aliphatic rings. The van der Waals surface area contributed by atoms with Gasteiger partial charge in [0.25, 0.3) is 5.91 Å². The van der Waals surface area contributed by atoms with E-state index in [1.807, 2.05) is 0 Å². The van der Waals surface area contributed by atoms with E-state index >= 15 is 0 Å². The zero-order valence-corrected chi connectivity index (χ0v) is 12.0. The summed E-state index contributed by atoms with van der Waals surface area (Å²) in [6, 6.07) is 3.44. The van der Waals surface area contributed by atoms with Crippen molar-refractivity contribution in [2.75, 3.05) is 13.1 Å². The zero-order valence-electron chi connectivity index (χ0n) is 12.0. The third kappa shape index (κ3) is 2.54. The van der Waals surface area contributed by atoms with Gasteiger partial charge in [-0.15, -0.1) is 0 Å². The highest BCUT2D eigenvalue weighted by atomic mass is 19.3. The van der Waals surface area contributed by atoms with Crippen molar-refractivity contribution in [2.24, 2.45) is 0 Å². The average molecular weight is 312 g/mol. The van der Waals surface area contributed by atoms with E-state index in [-0.39, 0.29) is 32.0 Å². The molecule has 1 amide bonds. The molecule has 2 heterocycles. The van der Waals surface area contributed by atoms with Crippen LogP contribution in [0.4, 0.5) is 8.78 Å². The molecule has 1 atom stereocenters. The van der Waals surface area contributed by atoms with Gasteiger partial charge >= 0.3 is 5.92 Å². The van der Waals surface area contributed by atoms with Crippen LogP contribution in [-0.4, -0.2) is 51.6 Å². The molecule has 3 rings (SSSR count). The fourth-order valence-corrected chi connectivity index (χ4v) is 2.84. The van der Waals surface area contributed by atoms with Crippen LogP contribution < -0.4 is 4.74 Å². The first-order valence-corrected chi connectivity index (χ1v) is 7.39. The molecule has 1 aliphatic heterocycles. The highest BCUT2D eigenvalue weighted by molar-refractivity contribution is 5.85. The summed E-state index contributed by atoms with van der Waals surface area (Å²) in [5, 5.41) is 9.83. The molecule has 0 bridgehead atoms. The fourth-order valence-electron chi connectivity index (χ4n) is 2.84. The first-order valence-electron chi connectivity index (χ1n) is 7.39. The van der Waals surface area contributed by atoms with E-state index in [0.717, 1.165) is 4.90 Å². The highest BCUT2D eigenvalue weighted by Crippen LogP contribution is 2.45. The summed E-state index contributed by atoms with van der Waals surface area (Å²) in [5.41, 5.74) is -2.17. The number of aromatic nitrogens is 1. The Bertz CT molecular complexity index is 549. The number of carbonyl (C=O) groups is 1. The molecule has 0 aromatic carbocycles. The molecule has 1 aromatic rings. The van der Waals surface area contributed by atoms with Gasteiger partial charge in [-0.2, -0.15) is 8.78 Å². The number of halogens is 2. The molecule has 1 saturated heterocycles. The molecular formula is C15H18F2N2O3. The maximum Gasteiger partial charge on any atom is 0.352 e. The quantitative estimate of drug-likeness (QED) is 0.917. The molecule has 22 heavy (non-hydrogen) atoms. The molecule has 7 heteroatoms. The van der Waals surface area contributed by atoms with E-state index < -0.39 is 17.4 Å². The van der Waals surface area contributed by atoms with Gasteiger partial charge in [0.15, 0.2) is 0 Å². The summed E-state index contributed by atoms with van der Waals surface area (Å²) in [7, 11) is 0. The van der Waals surface area contributed by atoms with Gasteiger partial charge in [0, 0.05) is 19.2 Å². The number of aliphatic hydroxyl groups is 1. The number of hydrogen-bond acceptors (Lipinski definition) is 4. The molecule has 1 aromatic heterocycles. The van der Waals surface area contributed by atoms with Crippen LogP contribution in [0, 0.1) is 0 Å². The van der Waals surface area contributed by atoms with Crippen LogP contribution in [0.1, 0.15) is 25.7 Å². The van der Waals surface area contributed by atoms with Crippen LogP contribution >= 0.6 is 0 Å². The van der Waals surface area contributed by atoms with Gasteiger partial charge in [0.2, 0.25) is 0 Å². The summed E-state index contributed by atoms with van der Waals surface area (Å²) >= 11 is 0. The van der Waals surface area contributed by atoms with E-state index in [0.29, 0.717) is 18.6 Å². The SMILES string of the molecule is O=C(N1CCC(Oc2cccnc2)C1)C(F)(F)C1(O)CCC1. The Hall–Kier alpha value is -1.76. The van der Waals surface area contributed by atoms with E-state index in [1.54, 1.807) is 18.3 Å². The van der Waals surface area contributed by atoms with Crippen LogP contribution in [0.25, 0.3) is 0 Å². The van der Waals surface area contributed by atoms with Crippen molar-refractivity contribution in [1.82, 2.24) is 9.88 Å². The van der Waals surface area contributed by atoms with E-state index in [1.165, 1.54) is 6.20 Å². The maximum absolute atomic E-state index is 14.2. The number of amides is 1. The van der Waals surface area contributed by atoms with Crippen molar-refractivity contribution in [3.05, 3.63) is 24.5 Å². The Kier molecular flexibility index (Phi) is 3.76. The minimum absolute atomic E-state index is 0.0325. The zero-order chi connectivity index (χ0) is 15.8. The molecule has 1 aliphatic carbocycles. The Labute approximate surface area is 126 Å². The Morgan fingerprint density at radius 1 is 1.50 bits per heavy atom. The van der Waals surface area contributed by atoms with E-state index in [9.17, 15) is 18.7 Å². The Morgan fingerprint density at radius 2 is 2.27 bits per heavy atom. The number of rotatable bonds is 4. The van der Waals surface area contributed by atoms with Crippen LogP contribution in [0.3, 0.4) is 0 Å². The van der Waals surface area contributed by atoms with Gasteiger partial charge in [0.1, 0.15) is 17.5 Å². The van der Waals surface area contributed by atoms with Crippen LogP contribution in [-0.2, 0) is 4.79 Å². The number of alkyl halides is 2. The van der Waals surface area contributed by atoms with Crippen molar-refractivity contribution in [1.29, 1.82) is 0 Å². The van der Waals surface area contributed by atoms with Crippen molar-refractivity contribution < 1.29 is 23.4 Å². The van der Waals surface area contributed by atoms with Crippen molar-refractivity contribution >= 4 is 5.91 Å². The van der Waals surface area contributed by atoms with Gasteiger partial charge in [-0.1, -0.05) is 0 Å². The molecule has 0 spiro atoms. The summed E-state index contributed by atoms with van der Waals surface area (Å²) in [5.74, 6) is -4.48. The second-order valence-electron chi connectivity index (χ2n) is 5.93. The lowest BCUT2D eigenvalue weighted by atomic mass is 9.75. The normalized spacial score (nSPS) is 24.0. The minimum Gasteiger partial charge on any atom is -0.487 e. The number of ether oxygens (including phenoxy) is 1. The predicted molar refractivity (Wildman–Crippen MR) is 73.6 cm³/mol. The summed E-state index contributed by atoms with van der Waals surface area (Å²) in [4.78, 5) is 17.0. The fraction of sp³-hybridized carbons (Fsp3) is 0.600. The Balaban J connectivity index is 1.61. The van der Waals surface area contributed by atoms with Crippen LogP contribution in [0.2, 0.25) is 0 Å². The largest absolute Gasteiger partial charge is 0.487 e. The van der Waals surface area contributed by atoms with E-state index in [4.69, 9.17) is 4.74 Å². The molecule has 0 radical (unpaired) electrons. The minimum atomic E-state index is -3.73. The third-order valence-electron chi connectivity index (χ3n) is 4.40. The lowest BCUT2D eigenvalue weighted by molar-refractivity contribution is -0.222. The second kappa shape index (κ2) is 5.46. The summed E-state index contributed by atoms with van der Waals surface area (Å²) in [6.07, 6.45) is 3.75. The first kappa shape index (κ1) is 15.1. The number of nitrogens with zero attached hydrogens (tertiary/aromatic N) is 2. The first-order chi connectivity index (χ1) is 10.4. The standard InChI is InChI=1S/C15H18F2N2O3/c16-15(17,14(21)5-2-6-14)13(20)19-8-4-12(10-19)22-11-3-1-7-18-9-11/h1,3,7,9,12,21H,2,4-6,8,10H2. The third-order valence-corrected chi connectivity index (χ3v) is 4.40. The average Bonchev–Trinajstić information content (AvgIpc) is 2.93. The monoisotopic (exact) mass is 312 g/mol. The van der Waals surface area contributed by atoms with Gasteiger partial charge < -0.3 is 14.7 Å². The maximum atomic E-state index is 14.2. The summed E-state index contributed by atoms with van der Waals surface area (Å²) < 4.78 is 34.0. The molecule has 5 nitrogen and oxygen atoms in total. The van der Waals surface area contributed by atoms with Crippen molar-refractivity contribution in [2.45, 2.75) is 43.3 Å². The van der Waals surface area contributed by atoms with Crippen LogP contribution in [0.15, 0.2) is 24.5 Å². The highest BCUT2D eigenvalue weighted by Gasteiger charge is 2.62. The molecule has 120 valence electrons. The molecule has 2 fully saturated rings. The predicted octanol–water partition coefficient (Wildman–Crippen LogP) is 1.61. The molecule has 1 unspecified atom stereocenters. The van der Waals surface area contributed by atoms with Gasteiger partial charge in [0.05, 0.1) is 12.7 Å². The van der Waals surface area contributed by atoms with Gasteiger partial charge in [-0.3, -0.25) is 9.78 Å². The lowest BCUT2D eigenvalue weighted by Crippen LogP contribution is -2.61. The number of carbonyl (C=O) groups excluding carboxylic acids is 1. The van der Waals surface area contributed by atoms with Gasteiger partial charge in [-0.05, 0) is 31.4 Å². The smallest absolute Gasteiger partial charge is 0.352 e. The number of pyridine rings is 1. The lowest BCUT2D eigenvalue weighted by Gasteiger charge is -2.42. The number of likely N-dealkylation sites (tertiary alicyclic amines) is 1. The van der Waals surface area contributed by atoms with E-state index in [2.05, 4.69) is 4.98 Å². The molecular weight excluding hydrogens is 294 g/mol. The molecule has 1 N–H and O–H groups in total. The summed E-state index contributed by atoms with van der Waals surface area (Å²) in [6.45, 7) is 0.300.